The zero-order valence-corrected chi connectivity index (χ0v) is 27.4. The van der Waals surface area contributed by atoms with Gasteiger partial charge in [0.15, 0.2) is 9.50 Å². The van der Waals surface area contributed by atoms with Crippen molar-refractivity contribution < 1.29 is 33.6 Å². The third kappa shape index (κ3) is 8.28. The average molecular weight is 665 g/mol. The fourth-order valence-corrected chi connectivity index (χ4v) is 6.49. The molecule has 2 aliphatic heterocycles. The Kier molecular flexibility index (Phi) is 11.4. The topological polar surface area (TPSA) is 158 Å². The number of guanidine groups is 1. The van der Waals surface area contributed by atoms with E-state index >= 15 is 0 Å². The lowest BCUT2D eigenvalue weighted by Crippen LogP contribution is -2.49. The molecule has 1 aliphatic carbocycles. The van der Waals surface area contributed by atoms with Gasteiger partial charge in [-0.05, 0) is 57.6 Å². The summed E-state index contributed by atoms with van der Waals surface area (Å²) in [5.74, 6) is 0.434. The first kappa shape index (κ1) is 34.1. The molecule has 16 heteroatoms. The number of thiazole rings is 1. The molecule has 1 aromatic heterocycles. The lowest BCUT2D eigenvalue weighted by molar-refractivity contribution is -0.486. The summed E-state index contributed by atoms with van der Waals surface area (Å²) < 4.78 is 21.8. The van der Waals surface area contributed by atoms with Crippen LogP contribution >= 0.6 is 22.9 Å². The Hall–Kier alpha value is -3.79. The monoisotopic (exact) mass is 664 g/mol. The van der Waals surface area contributed by atoms with Crippen molar-refractivity contribution in [1.29, 1.82) is 0 Å². The van der Waals surface area contributed by atoms with E-state index in [9.17, 15) is 19.7 Å². The number of hydrogen-bond acceptors (Lipinski definition) is 10. The molecule has 45 heavy (non-hydrogen) atoms. The number of nitrogens with zero attached hydrogens (tertiary/aromatic N) is 5. The van der Waals surface area contributed by atoms with Crippen LogP contribution in [0.3, 0.4) is 0 Å². The van der Waals surface area contributed by atoms with Crippen molar-refractivity contribution in [2.45, 2.75) is 64.6 Å². The molecule has 1 amide bonds. The zero-order valence-electron chi connectivity index (χ0n) is 25.8. The number of methoxy groups -OCH3 is 1. The van der Waals surface area contributed by atoms with Gasteiger partial charge in [0.05, 0.1) is 30.4 Å². The number of halogens is 1. The largest absolute Gasteiger partial charge is 0.513 e. The zero-order chi connectivity index (χ0) is 32.7. The van der Waals surface area contributed by atoms with Crippen LogP contribution in [0, 0.1) is 24.0 Å². The summed E-state index contributed by atoms with van der Waals surface area (Å²) in [4.78, 5) is 43.6. The van der Waals surface area contributed by atoms with Gasteiger partial charge < -0.3 is 34.1 Å². The maximum absolute atomic E-state index is 13.0. The summed E-state index contributed by atoms with van der Waals surface area (Å²) in [6.45, 7) is 6.79. The molecular weight excluding hydrogens is 628 g/mol. The van der Waals surface area contributed by atoms with Crippen LogP contribution in [0.25, 0.3) is 5.57 Å². The molecular formula is C29H37ClN6O8S. The van der Waals surface area contributed by atoms with E-state index in [0.29, 0.717) is 35.2 Å². The number of benzene rings is 1. The molecule has 244 valence electrons. The van der Waals surface area contributed by atoms with Gasteiger partial charge >= 0.3 is 6.16 Å². The summed E-state index contributed by atoms with van der Waals surface area (Å²) >= 11 is 7.05. The van der Waals surface area contributed by atoms with Gasteiger partial charge in [-0.15, -0.1) is 11.3 Å². The smallest absolute Gasteiger partial charge is 0.434 e. The second kappa shape index (κ2) is 15.0. The fourth-order valence-electron chi connectivity index (χ4n) is 5.50. The predicted octanol–water partition coefficient (Wildman–Crippen LogP) is 4.67. The van der Waals surface area contributed by atoms with E-state index in [2.05, 4.69) is 15.4 Å². The highest BCUT2D eigenvalue weighted by atomic mass is 35.5. The number of carbonyl (C=O) groups excluding carboxylic acids is 2. The first-order valence-corrected chi connectivity index (χ1v) is 15.5. The molecule has 3 heterocycles. The minimum atomic E-state index is -0.778. The number of rotatable bonds is 7. The minimum absolute atomic E-state index is 0.154. The van der Waals surface area contributed by atoms with Crippen molar-refractivity contribution in [1.82, 2.24) is 20.1 Å². The molecule has 1 N–H and O–H groups in total. The van der Waals surface area contributed by atoms with Crippen molar-refractivity contribution in [3.05, 3.63) is 66.3 Å². The Labute approximate surface area is 270 Å². The number of aromatic nitrogens is 1. The van der Waals surface area contributed by atoms with Gasteiger partial charge in [-0.3, -0.25) is 4.79 Å². The SMILES string of the molecule is CCOC(=O)OC1=C(c2cc(C)ccc2C)C(=O)NC12CCC(OC)CC2.CN1COCN(Cc2cnc(Cl)s2)/C1=N/[N+](=O)[O-]. The summed E-state index contributed by atoms with van der Waals surface area (Å²) in [6.07, 6.45) is 3.88. The highest BCUT2D eigenvalue weighted by Crippen LogP contribution is 2.44. The first-order chi connectivity index (χ1) is 21.5. The lowest BCUT2D eigenvalue weighted by atomic mass is 9.79. The molecule has 14 nitrogen and oxygen atoms in total. The van der Waals surface area contributed by atoms with Crippen LogP contribution in [0.5, 0.6) is 0 Å². The number of aryl methyl sites for hydroxylation is 2. The molecule has 0 unspecified atom stereocenters. The van der Waals surface area contributed by atoms with E-state index < -0.39 is 16.7 Å². The van der Waals surface area contributed by atoms with Crippen molar-refractivity contribution >= 4 is 46.5 Å². The summed E-state index contributed by atoms with van der Waals surface area (Å²) in [5, 5.41) is 16.3. The highest BCUT2D eigenvalue weighted by Gasteiger charge is 2.50. The standard InChI is InChI=1S/C21H27NO5.C8H10ClN5O3S/c1-5-26-20(24)27-18-17(16-12-13(2)6-7-14(16)3)19(23)22-21(18)10-8-15(25-4)9-11-21;1-12-4-17-5-13(8(12)11-14(15)16)3-6-2-10-7(9)18-6/h6-7,12,15H,5,8-11H2,1-4H3,(H,22,23);2H,3-5H2,1H3/b;11-8+. The molecule has 2 aromatic rings. The third-order valence-corrected chi connectivity index (χ3v) is 8.77. The Bertz CT molecular complexity index is 1470. The number of amides is 1. The van der Waals surface area contributed by atoms with Crippen LogP contribution in [0.1, 0.15) is 54.2 Å². The van der Waals surface area contributed by atoms with Gasteiger partial charge in [0.2, 0.25) is 0 Å². The maximum atomic E-state index is 13.0. The third-order valence-electron chi connectivity index (χ3n) is 7.67. The van der Waals surface area contributed by atoms with Crippen LogP contribution in [0.15, 0.2) is 35.3 Å². The number of carbonyl (C=O) groups is 2. The van der Waals surface area contributed by atoms with E-state index in [4.69, 9.17) is 30.5 Å². The molecule has 1 aromatic carbocycles. The quantitative estimate of drug-likeness (QED) is 0.249. The molecule has 3 aliphatic rings. The Balaban J connectivity index is 0.000000222. The predicted molar refractivity (Wildman–Crippen MR) is 167 cm³/mol. The molecule has 1 spiro atoms. The van der Waals surface area contributed by atoms with Crippen molar-refractivity contribution in [3.8, 4) is 0 Å². The van der Waals surface area contributed by atoms with Gasteiger partial charge in [-0.1, -0.05) is 35.4 Å². The molecule has 1 saturated carbocycles. The summed E-state index contributed by atoms with van der Waals surface area (Å²) in [7, 11) is 3.37. The molecule has 0 bridgehead atoms. The van der Waals surface area contributed by atoms with E-state index in [1.807, 2.05) is 32.0 Å². The van der Waals surface area contributed by atoms with Crippen LogP contribution < -0.4 is 5.32 Å². The number of hydrazone groups is 1. The van der Waals surface area contributed by atoms with Crippen LogP contribution in [0.2, 0.25) is 4.47 Å². The molecule has 0 radical (unpaired) electrons. The summed E-state index contributed by atoms with van der Waals surface area (Å²) in [6, 6.07) is 5.93. The Morgan fingerprint density at radius 3 is 2.67 bits per heavy atom. The second-order valence-corrected chi connectivity index (χ2v) is 12.6. The summed E-state index contributed by atoms with van der Waals surface area (Å²) in [5.41, 5.74) is 2.52. The van der Waals surface area contributed by atoms with E-state index in [1.54, 1.807) is 37.1 Å². The van der Waals surface area contributed by atoms with Crippen LogP contribution in [0.4, 0.5) is 4.79 Å². The second-order valence-electron chi connectivity index (χ2n) is 10.9. The lowest BCUT2D eigenvalue weighted by Gasteiger charge is -2.37. The fraction of sp³-hybridized carbons (Fsp3) is 0.517. The van der Waals surface area contributed by atoms with E-state index in [1.165, 1.54) is 11.3 Å². The Morgan fingerprint density at radius 2 is 2.04 bits per heavy atom. The van der Waals surface area contributed by atoms with Gasteiger partial charge in [0.25, 0.3) is 11.9 Å². The van der Waals surface area contributed by atoms with Crippen LogP contribution in [-0.2, 0) is 30.3 Å². The normalized spacial score (nSPS) is 22.3. The van der Waals surface area contributed by atoms with Crippen molar-refractivity contribution in [3.63, 3.8) is 0 Å². The van der Waals surface area contributed by atoms with Gasteiger partial charge in [-0.2, -0.15) is 0 Å². The molecule has 0 atom stereocenters. The minimum Gasteiger partial charge on any atom is -0.434 e. The number of nitro groups is 1. The van der Waals surface area contributed by atoms with Crippen molar-refractivity contribution in [2.75, 3.05) is 34.2 Å². The molecule has 2 fully saturated rings. The van der Waals surface area contributed by atoms with Gasteiger partial charge in [-0.25, -0.2) is 19.9 Å². The molecule has 5 rings (SSSR count). The van der Waals surface area contributed by atoms with Crippen molar-refractivity contribution in [2.24, 2.45) is 5.10 Å². The number of hydrogen-bond donors (Lipinski definition) is 1. The van der Waals surface area contributed by atoms with Crippen LogP contribution in [-0.4, -0.2) is 83.7 Å². The Morgan fingerprint density at radius 1 is 1.31 bits per heavy atom. The van der Waals surface area contributed by atoms with E-state index in [0.717, 1.165) is 34.4 Å². The number of ether oxygens (including phenoxy) is 4. The molecule has 1 saturated heterocycles. The van der Waals surface area contributed by atoms with Gasteiger partial charge in [0, 0.05) is 25.2 Å². The first-order valence-electron chi connectivity index (χ1n) is 14.4. The maximum Gasteiger partial charge on any atom is 0.513 e. The highest BCUT2D eigenvalue weighted by molar-refractivity contribution is 7.15. The van der Waals surface area contributed by atoms with Gasteiger partial charge in [0.1, 0.15) is 24.3 Å². The van der Waals surface area contributed by atoms with E-state index in [-0.39, 0.29) is 38.0 Å². The number of nitrogens with one attached hydrogen (secondary N) is 1. The average Bonchev–Trinajstić information content (AvgIpc) is 3.52.